The van der Waals surface area contributed by atoms with Crippen molar-refractivity contribution >= 4 is 23.8 Å². The zero-order chi connectivity index (χ0) is 14.4. The topological polar surface area (TPSA) is 86.3 Å². The van der Waals surface area contributed by atoms with Crippen LogP contribution in [0.2, 0.25) is 0 Å². The van der Waals surface area contributed by atoms with Crippen LogP contribution >= 0.6 is 0 Å². The molecule has 0 bridgehead atoms. The van der Waals surface area contributed by atoms with E-state index in [4.69, 9.17) is 0 Å². The van der Waals surface area contributed by atoms with Gasteiger partial charge in [-0.05, 0) is 6.92 Å². The average molecular weight is 267 g/mol. The Morgan fingerprint density at radius 1 is 1.16 bits per heavy atom. The van der Waals surface area contributed by atoms with Crippen molar-refractivity contribution in [1.29, 1.82) is 0 Å². The molecule has 1 amide bonds. The van der Waals surface area contributed by atoms with Gasteiger partial charge in [-0.1, -0.05) is 0 Å². The number of amides is 1. The third-order valence-corrected chi connectivity index (χ3v) is 2.33. The SMILES string of the molecule is CCNC(=O)CN(C)c1nc(NC)nc(N(C)C)n1. The molecule has 0 aliphatic heterocycles. The number of carbonyl (C=O) groups is 1. The first-order valence-corrected chi connectivity index (χ1v) is 6.07. The third-order valence-electron chi connectivity index (χ3n) is 2.33. The maximum atomic E-state index is 11.6. The summed E-state index contributed by atoms with van der Waals surface area (Å²) < 4.78 is 0. The van der Waals surface area contributed by atoms with E-state index in [-0.39, 0.29) is 12.5 Å². The summed E-state index contributed by atoms with van der Waals surface area (Å²) in [4.78, 5) is 27.8. The molecule has 1 aromatic rings. The first-order valence-electron chi connectivity index (χ1n) is 6.07. The van der Waals surface area contributed by atoms with Crippen molar-refractivity contribution in [2.24, 2.45) is 0 Å². The number of aromatic nitrogens is 3. The lowest BCUT2D eigenvalue weighted by Crippen LogP contribution is -2.36. The van der Waals surface area contributed by atoms with Gasteiger partial charge in [0.25, 0.3) is 0 Å². The minimum absolute atomic E-state index is 0.0668. The van der Waals surface area contributed by atoms with Crippen LogP contribution in [-0.2, 0) is 4.79 Å². The summed E-state index contributed by atoms with van der Waals surface area (Å²) in [5, 5.41) is 5.61. The molecule has 0 aliphatic carbocycles. The van der Waals surface area contributed by atoms with Crippen molar-refractivity contribution in [3.63, 3.8) is 0 Å². The van der Waals surface area contributed by atoms with E-state index >= 15 is 0 Å². The van der Waals surface area contributed by atoms with Crippen LogP contribution in [0.1, 0.15) is 6.92 Å². The van der Waals surface area contributed by atoms with E-state index in [1.165, 1.54) is 0 Å². The summed E-state index contributed by atoms with van der Waals surface area (Å²) in [5.74, 6) is 1.39. The summed E-state index contributed by atoms with van der Waals surface area (Å²) in [7, 11) is 7.20. The summed E-state index contributed by atoms with van der Waals surface area (Å²) in [5.41, 5.74) is 0. The molecular weight excluding hydrogens is 246 g/mol. The Labute approximate surface area is 113 Å². The molecule has 0 saturated carbocycles. The van der Waals surface area contributed by atoms with Crippen LogP contribution in [0.15, 0.2) is 0 Å². The lowest BCUT2D eigenvalue weighted by atomic mass is 10.5. The van der Waals surface area contributed by atoms with Crippen molar-refractivity contribution in [3.8, 4) is 0 Å². The molecule has 8 heteroatoms. The van der Waals surface area contributed by atoms with E-state index < -0.39 is 0 Å². The first-order chi connectivity index (χ1) is 8.97. The Morgan fingerprint density at radius 2 is 1.79 bits per heavy atom. The number of anilines is 3. The van der Waals surface area contributed by atoms with Crippen LogP contribution in [0.25, 0.3) is 0 Å². The molecule has 0 spiro atoms. The van der Waals surface area contributed by atoms with Crippen molar-refractivity contribution in [1.82, 2.24) is 20.3 Å². The Hall–Kier alpha value is -2.12. The van der Waals surface area contributed by atoms with E-state index in [1.54, 1.807) is 23.9 Å². The van der Waals surface area contributed by atoms with Gasteiger partial charge in [-0.2, -0.15) is 15.0 Å². The zero-order valence-corrected chi connectivity index (χ0v) is 12.1. The smallest absolute Gasteiger partial charge is 0.239 e. The maximum Gasteiger partial charge on any atom is 0.239 e. The van der Waals surface area contributed by atoms with Gasteiger partial charge in [-0.25, -0.2) is 0 Å². The average Bonchev–Trinajstić information content (AvgIpc) is 2.38. The fourth-order valence-electron chi connectivity index (χ4n) is 1.38. The molecule has 1 heterocycles. The molecular formula is C11H21N7O. The molecule has 0 unspecified atom stereocenters. The number of likely N-dealkylation sites (N-methyl/N-ethyl adjacent to an activating group) is 2. The van der Waals surface area contributed by atoms with Crippen LogP contribution < -0.4 is 20.4 Å². The molecule has 0 aliphatic rings. The summed E-state index contributed by atoms with van der Waals surface area (Å²) >= 11 is 0. The van der Waals surface area contributed by atoms with Gasteiger partial charge in [0.1, 0.15) is 0 Å². The summed E-state index contributed by atoms with van der Waals surface area (Å²) in [6.45, 7) is 2.69. The third kappa shape index (κ3) is 4.23. The van der Waals surface area contributed by atoms with E-state index in [2.05, 4.69) is 25.6 Å². The Bertz CT molecular complexity index is 435. The summed E-state index contributed by atoms with van der Waals surface area (Å²) in [6, 6.07) is 0. The minimum atomic E-state index is -0.0668. The molecule has 0 aromatic carbocycles. The van der Waals surface area contributed by atoms with Crippen molar-refractivity contribution in [3.05, 3.63) is 0 Å². The highest BCUT2D eigenvalue weighted by Gasteiger charge is 2.13. The quantitative estimate of drug-likeness (QED) is 0.722. The maximum absolute atomic E-state index is 11.6. The molecule has 2 N–H and O–H groups in total. The van der Waals surface area contributed by atoms with Gasteiger partial charge in [0.2, 0.25) is 23.8 Å². The van der Waals surface area contributed by atoms with Crippen LogP contribution in [0.3, 0.4) is 0 Å². The van der Waals surface area contributed by atoms with Gasteiger partial charge < -0.3 is 20.4 Å². The number of nitrogens with zero attached hydrogens (tertiary/aromatic N) is 5. The molecule has 1 aromatic heterocycles. The van der Waals surface area contributed by atoms with Gasteiger partial charge in [0.05, 0.1) is 6.54 Å². The van der Waals surface area contributed by atoms with Crippen molar-refractivity contribution < 1.29 is 4.79 Å². The van der Waals surface area contributed by atoms with Crippen LogP contribution in [0.4, 0.5) is 17.8 Å². The molecule has 0 saturated heterocycles. The number of rotatable bonds is 6. The predicted octanol–water partition coefficient (Wildman–Crippen LogP) is -0.448. The van der Waals surface area contributed by atoms with Crippen molar-refractivity contribution in [2.45, 2.75) is 6.92 Å². The molecule has 19 heavy (non-hydrogen) atoms. The van der Waals surface area contributed by atoms with E-state index in [1.807, 2.05) is 21.0 Å². The molecule has 0 fully saturated rings. The van der Waals surface area contributed by atoms with Crippen LogP contribution in [0, 0.1) is 0 Å². The van der Waals surface area contributed by atoms with Crippen LogP contribution in [-0.4, -0.2) is 62.1 Å². The van der Waals surface area contributed by atoms with Crippen LogP contribution in [0.5, 0.6) is 0 Å². The second-order valence-corrected chi connectivity index (χ2v) is 4.21. The fourth-order valence-corrected chi connectivity index (χ4v) is 1.38. The monoisotopic (exact) mass is 267 g/mol. The number of hydrogen-bond donors (Lipinski definition) is 2. The van der Waals surface area contributed by atoms with E-state index in [9.17, 15) is 4.79 Å². The molecule has 1 rings (SSSR count). The van der Waals surface area contributed by atoms with Gasteiger partial charge in [-0.15, -0.1) is 0 Å². The lowest BCUT2D eigenvalue weighted by Gasteiger charge is -2.19. The van der Waals surface area contributed by atoms with E-state index in [0.717, 1.165) is 0 Å². The number of nitrogens with one attached hydrogen (secondary N) is 2. The zero-order valence-electron chi connectivity index (χ0n) is 12.1. The second kappa shape index (κ2) is 6.72. The predicted molar refractivity (Wildman–Crippen MR) is 75.7 cm³/mol. The second-order valence-electron chi connectivity index (χ2n) is 4.21. The number of hydrogen-bond acceptors (Lipinski definition) is 7. The van der Waals surface area contributed by atoms with Gasteiger partial charge in [0, 0.05) is 34.7 Å². The van der Waals surface area contributed by atoms with Gasteiger partial charge in [-0.3, -0.25) is 4.79 Å². The van der Waals surface area contributed by atoms with Crippen molar-refractivity contribution in [2.75, 3.05) is 56.4 Å². The molecule has 8 nitrogen and oxygen atoms in total. The summed E-state index contributed by atoms with van der Waals surface area (Å²) in [6.07, 6.45) is 0. The Morgan fingerprint density at radius 3 is 2.32 bits per heavy atom. The largest absolute Gasteiger partial charge is 0.357 e. The normalized spacial score (nSPS) is 9.95. The molecule has 0 radical (unpaired) electrons. The van der Waals surface area contributed by atoms with Gasteiger partial charge >= 0.3 is 0 Å². The fraction of sp³-hybridized carbons (Fsp3) is 0.636. The Kier molecular flexibility index (Phi) is 5.28. The first kappa shape index (κ1) is 14.9. The highest BCUT2D eigenvalue weighted by atomic mass is 16.2. The molecule has 106 valence electrons. The minimum Gasteiger partial charge on any atom is -0.357 e. The standard InChI is InChI=1S/C11H21N7O/c1-6-13-8(19)7-18(5)11-15-9(12-2)14-10(16-11)17(3)4/h6-7H2,1-5H3,(H,13,19)(H,12,14,15,16). The van der Waals surface area contributed by atoms with Gasteiger partial charge in [0.15, 0.2) is 0 Å². The van der Waals surface area contributed by atoms with E-state index in [0.29, 0.717) is 24.4 Å². The highest BCUT2D eigenvalue weighted by Crippen LogP contribution is 2.13. The Balaban J connectivity index is 2.92. The molecule has 0 atom stereocenters. The number of carbonyl (C=O) groups excluding carboxylic acids is 1. The lowest BCUT2D eigenvalue weighted by molar-refractivity contribution is -0.119. The highest BCUT2D eigenvalue weighted by molar-refractivity contribution is 5.80.